The van der Waals surface area contributed by atoms with Crippen LogP contribution >= 0.6 is 0 Å². The molecule has 0 spiro atoms. The van der Waals surface area contributed by atoms with Gasteiger partial charge in [0.1, 0.15) is 12.4 Å². The number of benzene rings is 4. The molecule has 3 nitrogen and oxygen atoms in total. The van der Waals surface area contributed by atoms with Crippen molar-refractivity contribution in [3.63, 3.8) is 0 Å². The molecule has 0 amide bonds. The maximum Gasteiger partial charge on any atom is 0.184 e. The lowest BCUT2D eigenvalue weighted by molar-refractivity contribution is 0.100. The van der Waals surface area contributed by atoms with Gasteiger partial charge in [0.15, 0.2) is 5.78 Å². The molecule has 42 heavy (non-hydrogen) atoms. The van der Waals surface area contributed by atoms with E-state index in [-0.39, 0.29) is 12.3 Å². The van der Waals surface area contributed by atoms with Crippen LogP contribution in [0.4, 0.5) is 0 Å². The van der Waals surface area contributed by atoms with Gasteiger partial charge in [-0.15, -0.1) is 0 Å². The molecule has 0 aromatic heterocycles. The fraction of sp³-hybridized carbons (Fsp3) is 0.333. The normalized spacial score (nSPS) is 12.1. The van der Waals surface area contributed by atoms with Crippen molar-refractivity contribution in [3.8, 4) is 22.3 Å². The number of amidine groups is 1. The molecule has 0 unspecified atom stereocenters. The molecular weight excluding hydrogens is 512 g/mol. The highest BCUT2D eigenvalue weighted by atomic mass is 16.1. The topological polar surface area (TPSA) is 55.4 Å². The number of carbonyl (C=O) groups is 1. The van der Waals surface area contributed by atoms with Gasteiger partial charge in [0, 0.05) is 16.7 Å². The van der Waals surface area contributed by atoms with Crippen LogP contribution in [0.5, 0.6) is 0 Å². The van der Waals surface area contributed by atoms with Crippen molar-refractivity contribution >= 4 is 11.6 Å². The van der Waals surface area contributed by atoms with Crippen LogP contribution in [-0.4, -0.2) is 18.2 Å². The molecule has 0 aliphatic carbocycles. The highest BCUT2D eigenvalue weighted by Crippen LogP contribution is 2.46. The third kappa shape index (κ3) is 6.41. The van der Waals surface area contributed by atoms with Gasteiger partial charge in [-0.1, -0.05) is 140 Å². The summed E-state index contributed by atoms with van der Waals surface area (Å²) in [6, 6.07) is 29.1. The van der Waals surface area contributed by atoms with Crippen molar-refractivity contribution in [1.82, 2.24) is 0 Å². The largest absolute Gasteiger partial charge is 0.383 e. The van der Waals surface area contributed by atoms with Gasteiger partial charge in [-0.05, 0) is 62.6 Å². The Morgan fingerprint density at radius 3 is 1.50 bits per heavy atom. The summed E-state index contributed by atoms with van der Waals surface area (Å²) in [5.74, 6) is 1.64. The van der Waals surface area contributed by atoms with E-state index in [0.717, 1.165) is 11.1 Å². The first-order valence-electron chi connectivity index (χ1n) is 15.3. The van der Waals surface area contributed by atoms with Gasteiger partial charge < -0.3 is 5.73 Å². The van der Waals surface area contributed by atoms with Crippen LogP contribution in [0.1, 0.15) is 117 Å². The van der Waals surface area contributed by atoms with Crippen LogP contribution in [0, 0.1) is 0 Å². The second kappa shape index (κ2) is 13.3. The number of Topliss-reactive ketones (excluding diaryl/α,β-unsaturated/α-hetero) is 1. The summed E-state index contributed by atoms with van der Waals surface area (Å²) in [6.07, 6.45) is 0. The van der Waals surface area contributed by atoms with E-state index >= 15 is 0 Å². The van der Waals surface area contributed by atoms with Gasteiger partial charge in [-0.2, -0.15) is 0 Å². The number of nitrogens with two attached hydrogens (primary N) is 1. The summed E-state index contributed by atoms with van der Waals surface area (Å²) in [7, 11) is 0. The molecule has 0 saturated heterocycles. The molecule has 3 heteroatoms. The van der Waals surface area contributed by atoms with E-state index in [9.17, 15) is 4.79 Å². The van der Waals surface area contributed by atoms with E-state index < -0.39 is 0 Å². The summed E-state index contributed by atoms with van der Waals surface area (Å²) in [5.41, 5.74) is 18.4. The van der Waals surface area contributed by atoms with Gasteiger partial charge in [-0.25, -0.2) is 0 Å². The van der Waals surface area contributed by atoms with Crippen LogP contribution in [0.15, 0.2) is 89.9 Å². The zero-order valence-corrected chi connectivity index (χ0v) is 26.5. The monoisotopic (exact) mass is 558 g/mol. The Morgan fingerprint density at radius 1 is 0.571 bits per heavy atom. The maximum atomic E-state index is 13.0. The molecule has 0 saturated carbocycles. The molecule has 0 aliphatic heterocycles. The Morgan fingerprint density at radius 2 is 1.02 bits per heavy atom. The van der Waals surface area contributed by atoms with Crippen LogP contribution in [0.3, 0.4) is 0 Å². The van der Waals surface area contributed by atoms with E-state index in [0.29, 0.717) is 35.1 Å². The zero-order valence-electron chi connectivity index (χ0n) is 26.5. The number of rotatable bonds is 10. The number of ketones is 1. The van der Waals surface area contributed by atoms with Crippen molar-refractivity contribution in [2.75, 3.05) is 6.54 Å². The second-order valence-electron chi connectivity index (χ2n) is 12.5. The van der Waals surface area contributed by atoms with Crippen molar-refractivity contribution in [3.05, 3.63) is 118 Å². The molecule has 4 aromatic carbocycles. The smallest absolute Gasteiger partial charge is 0.184 e. The van der Waals surface area contributed by atoms with Gasteiger partial charge in [0.05, 0.1) is 0 Å². The lowest BCUT2D eigenvalue weighted by atomic mass is 9.77. The average molecular weight is 559 g/mol. The van der Waals surface area contributed by atoms with E-state index in [1.807, 2.05) is 30.3 Å². The van der Waals surface area contributed by atoms with Crippen LogP contribution in [-0.2, 0) is 0 Å². The number of aliphatic imine (C=N–C) groups is 1. The molecule has 0 bridgehead atoms. The van der Waals surface area contributed by atoms with Gasteiger partial charge in [0.2, 0.25) is 0 Å². The fourth-order valence-electron chi connectivity index (χ4n) is 5.90. The molecule has 4 aromatic rings. The van der Waals surface area contributed by atoms with Crippen LogP contribution in [0.2, 0.25) is 0 Å². The molecule has 218 valence electrons. The Labute approximate surface area is 252 Å². The van der Waals surface area contributed by atoms with E-state index in [4.69, 9.17) is 10.7 Å². The Balaban J connectivity index is 2.08. The number of carbonyl (C=O) groups excluding carboxylic acids is 1. The predicted molar refractivity (Wildman–Crippen MR) is 180 cm³/mol. The Hall–Kier alpha value is -3.98. The molecule has 0 fully saturated rings. The predicted octanol–water partition coefficient (Wildman–Crippen LogP) is 10.1. The summed E-state index contributed by atoms with van der Waals surface area (Å²) < 4.78 is 0. The lowest BCUT2D eigenvalue weighted by Crippen LogP contribution is -2.18. The molecule has 4 rings (SSSR count). The lowest BCUT2D eigenvalue weighted by Gasteiger charge is -2.27. The van der Waals surface area contributed by atoms with Crippen LogP contribution in [0.25, 0.3) is 22.3 Å². The number of hydrogen-bond acceptors (Lipinski definition) is 2. The van der Waals surface area contributed by atoms with Crippen molar-refractivity contribution in [2.45, 2.75) is 79.1 Å². The standard InChI is InChI=1S/C39H46N2O/c1-24(2)29-17-12-18-30(25(3)4)36(29)33-21-14-22-34(39(40)41-23-35(42)28-15-10-9-11-16-28)38(33)37-31(26(5)6)19-13-20-32(37)27(7)8/h9-22,24-27H,23H2,1-8H3,(H2,40,41). The van der Waals surface area contributed by atoms with E-state index in [1.54, 1.807) is 0 Å². The summed E-state index contributed by atoms with van der Waals surface area (Å²) >= 11 is 0. The van der Waals surface area contributed by atoms with Gasteiger partial charge in [0.25, 0.3) is 0 Å². The first kappa shape index (κ1) is 31.0. The minimum Gasteiger partial charge on any atom is -0.383 e. The summed E-state index contributed by atoms with van der Waals surface area (Å²) in [5, 5.41) is 0. The second-order valence-corrected chi connectivity index (χ2v) is 12.5. The highest BCUT2D eigenvalue weighted by Gasteiger charge is 2.26. The molecule has 0 radical (unpaired) electrons. The third-order valence-corrected chi connectivity index (χ3v) is 8.09. The minimum atomic E-state index is -0.0473. The molecule has 0 aliphatic rings. The molecule has 0 heterocycles. The summed E-state index contributed by atoms with van der Waals surface area (Å²) in [4.78, 5) is 17.7. The highest BCUT2D eigenvalue weighted by molar-refractivity contribution is 6.09. The minimum absolute atomic E-state index is 0.00219. The van der Waals surface area contributed by atoms with Crippen LogP contribution < -0.4 is 5.73 Å². The quantitative estimate of drug-likeness (QED) is 0.120. The van der Waals surface area contributed by atoms with E-state index in [2.05, 4.69) is 110 Å². The SMILES string of the molecule is CC(C)c1cccc(C(C)C)c1-c1cccc(C(N)=NCC(=O)c2ccccc2)c1-c1c(C(C)C)cccc1C(C)C. The Bertz CT molecular complexity index is 1520. The first-order chi connectivity index (χ1) is 20.0. The Kier molecular flexibility index (Phi) is 9.83. The number of hydrogen-bond donors (Lipinski definition) is 1. The van der Waals surface area contributed by atoms with Crippen molar-refractivity contribution in [1.29, 1.82) is 0 Å². The summed E-state index contributed by atoms with van der Waals surface area (Å²) in [6.45, 7) is 18.1. The van der Waals surface area contributed by atoms with Crippen molar-refractivity contribution < 1.29 is 4.79 Å². The zero-order chi connectivity index (χ0) is 30.6. The average Bonchev–Trinajstić information content (AvgIpc) is 2.98. The fourth-order valence-corrected chi connectivity index (χ4v) is 5.90. The van der Waals surface area contributed by atoms with Gasteiger partial charge >= 0.3 is 0 Å². The van der Waals surface area contributed by atoms with Crippen molar-refractivity contribution in [2.24, 2.45) is 10.7 Å². The first-order valence-corrected chi connectivity index (χ1v) is 15.3. The van der Waals surface area contributed by atoms with E-state index in [1.165, 1.54) is 38.9 Å². The molecule has 0 atom stereocenters. The van der Waals surface area contributed by atoms with Gasteiger partial charge in [-0.3, -0.25) is 9.79 Å². The maximum absolute atomic E-state index is 13.0. The molecule has 2 N–H and O–H groups in total. The third-order valence-electron chi connectivity index (χ3n) is 8.09. The molecular formula is C39H46N2O. The number of nitrogens with zero attached hydrogens (tertiary/aromatic N) is 1.